The van der Waals surface area contributed by atoms with Crippen LogP contribution in [0.25, 0.3) is 0 Å². The molecule has 0 aliphatic heterocycles. The van der Waals surface area contributed by atoms with Gasteiger partial charge in [0.15, 0.2) is 0 Å². The monoisotopic (exact) mass is 300 g/mol. The highest BCUT2D eigenvalue weighted by Crippen LogP contribution is 2.34. The standard InChI is InChI=1S/C16H20N4O2/c1-10-7-16(17-9-15(10)20(21)22)18-13-5-4-6-14-12(13)8-11(2)19(14)3/h7-9,13H,4-6H2,1-3H3,(H,17,18). The molecule has 0 fully saturated rings. The Labute approximate surface area is 129 Å². The van der Waals surface area contributed by atoms with Crippen molar-refractivity contribution in [3.05, 3.63) is 51.0 Å². The molecule has 2 aromatic heterocycles. The SMILES string of the molecule is Cc1cc(NC2CCCc3c2cc(C)n3C)ncc1[N+](=O)[O-]. The predicted octanol–water partition coefficient (Wildman–Crippen LogP) is 3.43. The third kappa shape index (κ3) is 2.45. The fraction of sp³-hybridized carbons (Fsp3) is 0.438. The molecule has 1 aliphatic carbocycles. The third-order valence-electron chi connectivity index (χ3n) is 4.52. The van der Waals surface area contributed by atoms with Gasteiger partial charge in [-0.25, -0.2) is 4.98 Å². The van der Waals surface area contributed by atoms with Crippen LogP contribution in [0.4, 0.5) is 11.5 Å². The van der Waals surface area contributed by atoms with Gasteiger partial charge >= 0.3 is 0 Å². The van der Waals surface area contributed by atoms with E-state index in [4.69, 9.17) is 0 Å². The van der Waals surface area contributed by atoms with Crippen LogP contribution < -0.4 is 5.32 Å². The molecular weight excluding hydrogens is 280 g/mol. The van der Waals surface area contributed by atoms with Gasteiger partial charge in [0.2, 0.25) is 0 Å². The van der Waals surface area contributed by atoms with Gasteiger partial charge in [-0.05, 0) is 50.8 Å². The lowest BCUT2D eigenvalue weighted by molar-refractivity contribution is -0.385. The highest BCUT2D eigenvalue weighted by molar-refractivity contribution is 5.49. The van der Waals surface area contributed by atoms with E-state index < -0.39 is 4.92 Å². The maximum absolute atomic E-state index is 10.9. The zero-order chi connectivity index (χ0) is 15.9. The first-order valence-electron chi connectivity index (χ1n) is 7.50. The molecule has 22 heavy (non-hydrogen) atoms. The van der Waals surface area contributed by atoms with Crippen LogP contribution in [0.2, 0.25) is 0 Å². The molecule has 116 valence electrons. The maximum atomic E-state index is 10.9. The second-order valence-electron chi connectivity index (χ2n) is 5.95. The molecule has 1 unspecified atom stereocenters. The Morgan fingerprint density at radius 3 is 2.86 bits per heavy atom. The molecule has 1 atom stereocenters. The number of pyridine rings is 1. The minimum Gasteiger partial charge on any atom is -0.363 e. The van der Waals surface area contributed by atoms with E-state index >= 15 is 0 Å². The van der Waals surface area contributed by atoms with E-state index in [-0.39, 0.29) is 11.7 Å². The first-order chi connectivity index (χ1) is 10.5. The summed E-state index contributed by atoms with van der Waals surface area (Å²) < 4.78 is 2.25. The molecule has 0 spiro atoms. The van der Waals surface area contributed by atoms with Crippen LogP contribution in [0, 0.1) is 24.0 Å². The van der Waals surface area contributed by atoms with E-state index in [1.54, 1.807) is 13.0 Å². The number of nitro groups is 1. The Hall–Kier alpha value is -2.37. The lowest BCUT2D eigenvalue weighted by atomic mass is 9.92. The fourth-order valence-electron chi connectivity index (χ4n) is 3.20. The summed E-state index contributed by atoms with van der Waals surface area (Å²) in [6, 6.07) is 4.20. The lowest BCUT2D eigenvalue weighted by Gasteiger charge is -2.25. The molecule has 3 rings (SSSR count). The smallest absolute Gasteiger partial charge is 0.290 e. The molecule has 0 saturated heterocycles. The zero-order valence-corrected chi connectivity index (χ0v) is 13.1. The minimum atomic E-state index is -0.397. The highest BCUT2D eigenvalue weighted by atomic mass is 16.6. The van der Waals surface area contributed by atoms with Crippen molar-refractivity contribution in [2.45, 2.75) is 39.2 Å². The van der Waals surface area contributed by atoms with Gasteiger partial charge in [-0.1, -0.05) is 0 Å². The van der Waals surface area contributed by atoms with Crippen molar-refractivity contribution < 1.29 is 4.92 Å². The Bertz CT molecular complexity index is 736. The highest BCUT2D eigenvalue weighted by Gasteiger charge is 2.24. The van der Waals surface area contributed by atoms with Gasteiger partial charge in [-0.3, -0.25) is 10.1 Å². The summed E-state index contributed by atoms with van der Waals surface area (Å²) in [7, 11) is 2.10. The Balaban J connectivity index is 1.87. The Kier molecular flexibility index (Phi) is 3.60. The molecule has 2 heterocycles. The first kappa shape index (κ1) is 14.6. The Morgan fingerprint density at radius 1 is 1.41 bits per heavy atom. The number of rotatable bonds is 3. The number of anilines is 1. The van der Waals surface area contributed by atoms with E-state index in [0.717, 1.165) is 19.3 Å². The number of nitrogens with zero attached hydrogens (tertiary/aromatic N) is 3. The fourth-order valence-corrected chi connectivity index (χ4v) is 3.20. The van der Waals surface area contributed by atoms with Crippen LogP contribution in [0.15, 0.2) is 18.3 Å². The number of aryl methyl sites for hydroxylation is 2. The molecular formula is C16H20N4O2. The summed E-state index contributed by atoms with van der Waals surface area (Å²) in [5.74, 6) is 0.697. The average Bonchev–Trinajstić information content (AvgIpc) is 2.76. The van der Waals surface area contributed by atoms with Gasteiger partial charge in [0.05, 0.1) is 11.0 Å². The van der Waals surface area contributed by atoms with Crippen molar-refractivity contribution in [3.63, 3.8) is 0 Å². The first-order valence-corrected chi connectivity index (χ1v) is 7.50. The van der Waals surface area contributed by atoms with E-state index in [0.29, 0.717) is 11.4 Å². The van der Waals surface area contributed by atoms with Crippen molar-refractivity contribution >= 4 is 11.5 Å². The van der Waals surface area contributed by atoms with Crippen molar-refractivity contribution in [3.8, 4) is 0 Å². The van der Waals surface area contributed by atoms with E-state index in [1.807, 2.05) is 0 Å². The number of aromatic nitrogens is 2. The second-order valence-corrected chi connectivity index (χ2v) is 5.95. The summed E-state index contributed by atoms with van der Waals surface area (Å²) >= 11 is 0. The van der Waals surface area contributed by atoms with Gasteiger partial charge in [-0.2, -0.15) is 0 Å². The normalized spacial score (nSPS) is 17.1. The molecule has 6 heteroatoms. The van der Waals surface area contributed by atoms with E-state index in [2.05, 4.69) is 34.9 Å². The largest absolute Gasteiger partial charge is 0.363 e. The van der Waals surface area contributed by atoms with Crippen LogP contribution in [0.3, 0.4) is 0 Å². The zero-order valence-electron chi connectivity index (χ0n) is 13.1. The summed E-state index contributed by atoms with van der Waals surface area (Å²) in [4.78, 5) is 14.7. The Morgan fingerprint density at radius 2 is 2.18 bits per heavy atom. The van der Waals surface area contributed by atoms with Gasteiger partial charge < -0.3 is 9.88 Å². The van der Waals surface area contributed by atoms with Crippen LogP contribution in [-0.2, 0) is 13.5 Å². The quantitative estimate of drug-likeness (QED) is 0.696. The van der Waals surface area contributed by atoms with Crippen molar-refractivity contribution in [2.75, 3.05) is 5.32 Å². The summed E-state index contributed by atoms with van der Waals surface area (Å²) in [6.07, 6.45) is 4.62. The summed E-state index contributed by atoms with van der Waals surface area (Å²) in [6.45, 7) is 3.85. The number of nitrogens with one attached hydrogen (secondary N) is 1. The predicted molar refractivity (Wildman–Crippen MR) is 85.1 cm³/mol. The number of hydrogen-bond donors (Lipinski definition) is 1. The summed E-state index contributed by atoms with van der Waals surface area (Å²) in [5, 5.41) is 14.3. The van der Waals surface area contributed by atoms with Gasteiger partial charge in [0.25, 0.3) is 5.69 Å². The number of hydrogen-bond acceptors (Lipinski definition) is 4. The second kappa shape index (κ2) is 5.44. The van der Waals surface area contributed by atoms with E-state index in [9.17, 15) is 10.1 Å². The van der Waals surface area contributed by atoms with Crippen LogP contribution in [0.5, 0.6) is 0 Å². The summed E-state index contributed by atoms with van der Waals surface area (Å²) in [5.41, 5.74) is 4.64. The average molecular weight is 300 g/mol. The van der Waals surface area contributed by atoms with E-state index in [1.165, 1.54) is 23.1 Å². The number of fused-ring (bicyclic) bond motifs is 1. The van der Waals surface area contributed by atoms with Gasteiger partial charge in [-0.15, -0.1) is 0 Å². The lowest BCUT2D eigenvalue weighted by Crippen LogP contribution is -2.18. The van der Waals surface area contributed by atoms with Crippen molar-refractivity contribution in [1.29, 1.82) is 0 Å². The molecule has 1 N–H and O–H groups in total. The topological polar surface area (TPSA) is 73.0 Å². The molecule has 6 nitrogen and oxygen atoms in total. The van der Waals surface area contributed by atoms with Crippen molar-refractivity contribution in [2.24, 2.45) is 7.05 Å². The molecule has 0 bridgehead atoms. The van der Waals surface area contributed by atoms with Gasteiger partial charge in [0.1, 0.15) is 12.0 Å². The molecule has 2 aromatic rings. The molecule has 0 radical (unpaired) electrons. The van der Waals surface area contributed by atoms with Gasteiger partial charge in [0, 0.05) is 24.0 Å². The van der Waals surface area contributed by atoms with Crippen LogP contribution in [-0.4, -0.2) is 14.5 Å². The molecule has 0 amide bonds. The molecule has 1 aliphatic rings. The molecule has 0 aromatic carbocycles. The third-order valence-corrected chi connectivity index (χ3v) is 4.52. The van der Waals surface area contributed by atoms with Crippen molar-refractivity contribution in [1.82, 2.24) is 9.55 Å². The van der Waals surface area contributed by atoms with Crippen LogP contribution >= 0.6 is 0 Å². The maximum Gasteiger partial charge on any atom is 0.290 e. The minimum absolute atomic E-state index is 0.0606. The van der Waals surface area contributed by atoms with Crippen LogP contribution in [0.1, 0.15) is 41.4 Å². The molecule has 0 saturated carbocycles.